The van der Waals surface area contributed by atoms with Crippen molar-refractivity contribution < 1.29 is 14.3 Å². The Morgan fingerprint density at radius 1 is 1.41 bits per heavy atom. The van der Waals surface area contributed by atoms with E-state index in [1.165, 1.54) is 0 Å². The first-order valence-corrected chi connectivity index (χ1v) is 9.25. The number of nitrogens with zero attached hydrogens (tertiary/aromatic N) is 2. The number of likely N-dealkylation sites (tertiary alicyclic amines) is 1. The molecule has 1 saturated heterocycles. The standard InChI is InChI=1S/C21H31N3O3/c1-15(13-23-17-9-10-22-18(12-17)14-26-6)16(2)19-8-7-11-24(19)20(25)27-21(3,4)5/h9-10,12,19H,1-2,7-8,11,13-14H2,3-6H3,(H,22,23)/t19-/m0/s1. The van der Waals surface area contributed by atoms with E-state index in [1.807, 2.05) is 32.9 Å². The van der Waals surface area contributed by atoms with Crippen LogP contribution in [-0.4, -0.2) is 47.8 Å². The average Bonchev–Trinajstić information content (AvgIpc) is 3.08. The number of carbonyl (C=O) groups excluding carboxylic acids is 1. The number of nitrogens with one attached hydrogen (secondary N) is 1. The van der Waals surface area contributed by atoms with Gasteiger partial charge in [-0.05, 0) is 56.9 Å². The Labute approximate surface area is 162 Å². The second kappa shape index (κ2) is 9.04. The minimum Gasteiger partial charge on any atom is -0.444 e. The number of rotatable bonds is 7. The highest BCUT2D eigenvalue weighted by molar-refractivity contribution is 5.70. The number of aromatic nitrogens is 1. The Morgan fingerprint density at radius 3 is 2.81 bits per heavy atom. The van der Waals surface area contributed by atoms with Gasteiger partial charge in [-0.25, -0.2) is 4.79 Å². The quantitative estimate of drug-likeness (QED) is 0.728. The maximum Gasteiger partial charge on any atom is 0.410 e. The third-order valence-electron chi connectivity index (χ3n) is 4.35. The summed E-state index contributed by atoms with van der Waals surface area (Å²) in [5.74, 6) is 0. The minimum atomic E-state index is -0.509. The highest BCUT2D eigenvalue weighted by atomic mass is 16.6. The van der Waals surface area contributed by atoms with E-state index in [1.54, 1.807) is 18.2 Å². The van der Waals surface area contributed by atoms with Gasteiger partial charge >= 0.3 is 6.09 Å². The molecule has 1 amide bonds. The van der Waals surface area contributed by atoms with Gasteiger partial charge in [0, 0.05) is 32.1 Å². The van der Waals surface area contributed by atoms with Crippen LogP contribution in [0.3, 0.4) is 0 Å². The molecule has 0 spiro atoms. The molecule has 1 aromatic rings. The molecule has 2 rings (SSSR count). The molecule has 1 N–H and O–H groups in total. The van der Waals surface area contributed by atoms with Crippen LogP contribution in [0.4, 0.5) is 10.5 Å². The maximum atomic E-state index is 12.5. The molecule has 2 heterocycles. The fraction of sp³-hybridized carbons (Fsp3) is 0.524. The summed E-state index contributed by atoms with van der Waals surface area (Å²) in [7, 11) is 1.64. The van der Waals surface area contributed by atoms with Crippen LogP contribution < -0.4 is 5.32 Å². The van der Waals surface area contributed by atoms with Crippen molar-refractivity contribution in [2.75, 3.05) is 25.5 Å². The number of hydrogen-bond acceptors (Lipinski definition) is 5. The number of methoxy groups -OCH3 is 1. The lowest BCUT2D eigenvalue weighted by atomic mass is 9.99. The number of carbonyl (C=O) groups is 1. The Kier molecular flexibility index (Phi) is 7.02. The molecule has 148 valence electrons. The fourth-order valence-corrected chi connectivity index (χ4v) is 3.04. The van der Waals surface area contributed by atoms with Gasteiger partial charge in [0.25, 0.3) is 0 Å². The third kappa shape index (κ3) is 6.10. The van der Waals surface area contributed by atoms with Crippen LogP contribution in [0.5, 0.6) is 0 Å². The molecule has 1 aliphatic rings. The molecule has 1 fully saturated rings. The van der Waals surface area contributed by atoms with Gasteiger partial charge in [-0.3, -0.25) is 4.98 Å². The fourth-order valence-electron chi connectivity index (χ4n) is 3.04. The first kappa shape index (κ1) is 21.0. The van der Waals surface area contributed by atoms with E-state index in [0.29, 0.717) is 19.7 Å². The van der Waals surface area contributed by atoms with Crippen LogP contribution >= 0.6 is 0 Å². The number of amides is 1. The maximum absolute atomic E-state index is 12.5. The topological polar surface area (TPSA) is 63.7 Å². The number of hydrogen-bond donors (Lipinski definition) is 1. The van der Waals surface area contributed by atoms with Crippen molar-refractivity contribution in [3.05, 3.63) is 48.3 Å². The van der Waals surface area contributed by atoms with Crippen molar-refractivity contribution in [3.8, 4) is 0 Å². The van der Waals surface area contributed by atoms with Crippen molar-refractivity contribution in [1.29, 1.82) is 0 Å². The van der Waals surface area contributed by atoms with E-state index in [-0.39, 0.29) is 12.1 Å². The summed E-state index contributed by atoms with van der Waals surface area (Å²) in [6.45, 7) is 15.7. The van der Waals surface area contributed by atoms with Crippen LogP contribution in [0, 0.1) is 0 Å². The van der Waals surface area contributed by atoms with Gasteiger partial charge in [0.05, 0.1) is 18.3 Å². The molecule has 1 atom stereocenters. The van der Waals surface area contributed by atoms with Gasteiger partial charge < -0.3 is 19.7 Å². The molecule has 0 aliphatic carbocycles. The molecule has 6 nitrogen and oxygen atoms in total. The van der Waals surface area contributed by atoms with Gasteiger partial charge in [-0.2, -0.15) is 0 Å². The molecule has 27 heavy (non-hydrogen) atoms. The molecule has 1 aromatic heterocycles. The second-order valence-corrected chi connectivity index (χ2v) is 7.78. The highest BCUT2D eigenvalue weighted by Gasteiger charge is 2.34. The van der Waals surface area contributed by atoms with Crippen molar-refractivity contribution in [2.45, 2.75) is 51.9 Å². The van der Waals surface area contributed by atoms with E-state index in [4.69, 9.17) is 9.47 Å². The molecule has 0 aromatic carbocycles. The summed E-state index contributed by atoms with van der Waals surface area (Å²) < 4.78 is 10.6. The summed E-state index contributed by atoms with van der Waals surface area (Å²) in [4.78, 5) is 18.5. The van der Waals surface area contributed by atoms with Gasteiger partial charge in [0.2, 0.25) is 0 Å². The van der Waals surface area contributed by atoms with Crippen molar-refractivity contribution in [1.82, 2.24) is 9.88 Å². The molecular formula is C21H31N3O3. The Hall–Kier alpha value is -2.34. The van der Waals surface area contributed by atoms with E-state index in [2.05, 4.69) is 23.5 Å². The Balaban J connectivity index is 1.94. The normalized spacial score (nSPS) is 16.9. The summed E-state index contributed by atoms with van der Waals surface area (Å²) >= 11 is 0. The second-order valence-electron chi connectivity index (χ2n) is 7.78. The number of pyridine rings is 1. The monoisotopic (exact) mass is 373 g/mol. The smallest absolute Gasteiger partial charge is 0.410 e. The van der Waals surface area contributed by atoms with Gasteiger partial charge in [-0.1, -0.05) is 13.2 Å². The zero-order chi connectivity index (χ0) is 20.0. The summed E-state index contributed by atoms with van der Waals surface area (Å²) in [6, 6.07) is 3.79. The molecule has 6 heteroatoms. The minimum absolute atomic E-state index is 0.0596. The van der Waals surface area contributed by atoms with Gasteiger partial charge in [0.15, 0.2) is 0 Å². The Bertz CT molecular complexity index is 694. The summed E-state index contributed by atoms with van der Waals surface area (Å²) in [5.41, 5.74) is 3.05. The molecular weight excluding hydrogens is 342 g/mol. The number of ether oxygens (including phenoxy) is 2. The molecule has 1 aliphatic heterocycles. The van der Waals surface area contributed by atoms with Crippen LogP contribution in [-0.2, 0) is 16.1 Å². The first-order chi connectivity index (χ1) is 12.7. The van der Waals surface area contributed by atoms with E-state index >= 15 is 0 Å². The highest BCUT2D eigenvalue weighted by Crippen LogP contribution is 2.28. The molecule has 0 unspecified atom stereocenters. The SMILES string of the molecule is C=C(CNc1ccnc(COC)c1)C(=C)[C@@H]1CCCN1C(=O)OC(C)(C)C. The predicted octanol–water partition coefficient (Wildman–Crippen LogP) is 4.15. The predicted molar refractivity (Wildman–Crippen MR) is 108 cm³/mol. The van der Waals surface area contributed by atoms with Crippen molar-refractivity contribution in [2.24, 2.45) is 0 Å². The van der Waals surface area contributed by atoms with Crippen LogP contribution in [0.2, 0.25) is 0 Å². The average molecular weight is 373 g/mol. The molecule has 0 bridgehead atoms. The van der Waals surface area contributed by atoms with E-state index < -0.39 is 5.60 Å². The summed E-state index contributed by atoms with van der Waals surface area (Å²) in [6.07, 6.45) is 3.28. The van der Waals surface area contributed by atoms with Crippen LogP contribution in [0.15, 0.2) is 42.6 Å². The lowest BCUT2D eigenvalue weighted by Gasteiger charge is -2.30. The van der Waals surface area contributed by atoms with E-state index in [0.717, 1.165) is 35.4 Å². The van der Waals surface area contributed by atoms with Crippen LogP contribution in [0.1, 0.15) is 39.3 Å². The first-order valence-electron chi connectivity index (χ1n) is 9.25. The zero-order valence-electron chi connectivity index (χ0n) is 16.9. The zero-order valence-corrected chi connectivity index (χ0v) is 16.9. The van der Waals surface area contributed by atoms with Gasteiger partial charge in [0.1, 0.15) is 5.60 Å². The van der Waals surface area contributed by atoms with Gasteiger partial charge in [-0.15, -0.1) is 0 Å². The lowest BCUT2D eigenvalue weighted by Crippen LogP contribution is -2.40. The molecule has 0 saturated carbocycles. The molecule has 0 radical (unpaired) electrons. The van der Waals surface area contributed by atoms with Crippen molar-refractivity contribution >= 4 is 11.8 Å². The Morgan fingerprint density at radius 2 is 2.15 bits per heavy atom. The van der Waals surface area contributed by atoms with E-state index in [9.17, 15) is 4.79 Å². The largest absolute Gasteiger partial charge is 0.444 e. The lowest BCUT2D eigenvalue weighted by molar-refractivity contribution is 0.0250. The summed E-state index contributed by atoms with van der Waals surface area (Å²) in [5, 5.41) is 3.34. The number of anilines is 1. The van der Waals surface area contributed by atoms with Crippen LogP contribution in [0.25, 0.3) is 0 Å². The third-order valence-corrected chi connectivity index (χ3v) is 4.35. The van der Waals surface area contributed by atoms with Crippen molar-refractivity contribution in [3.63, 3.8) is 0 Å².